The molecule has 0 fully saturated rings. The number of hydrogen-bond acceptors (Lipinski definition) is 9. The lowest BCUT2D eigenvalue weighted by Crippen LogP contribution is -2.26. The van der Waals surface area contributed by atoms with Crippen LogP contribution in [0.5, 0.6) is 12.0 Å². The number of aryl methyl sites for hydroxylation is 1. The van der Waals surface area contributed by atoms with E-state index in [0.717, 1.165) is 12.8 Å². The molecule has 0 aliphatic rings. The SMILES string of the molecule is CCCCOc1nc(N)c2nc(OC)n(CCCCNC(=O)c3ccccc3C(=O)OC)c2n1. The average Bonchev–Trinajstić information content (AvgIpc) is 3.21. The van der Waals surface area contributed by atoms with Crippen LogP contribution in [0.2, 0.25) is 0 Å². The second kappa shape index (κ2) is 11.8. The molecule has 1 aromatic carbocycles. The number of nitrogens with zero attached hydrogens (tertiary/aromatic N) is 4. The molecule has 0 spiro atoms. The fourth-order valence-corrected chi connectivity index (χ4v) is 3.37. The molecule has 0 radical (unpaired) electrons. The van der Waals surface area contributed by atoms with Gasteiger partial charge in [-0.3, -0.25) is 9.36 Å². The molecule has 2 heterocycles. The molecule has 0 atom stereocenters. The lowest BCUT2D eigenvalue weighted by atomic mass is 10.1. The van der Waals surface area contributed by atoms with E-state index in [1.165, 1.54) is 14.2 Å². The number of imidazole rings is 1. The van der Waals surface area contributed by atoms with E-state index < -0.39 is 5.97 Å². The van der Waals surface area contributed by atoms with Crippen molar-refractivity contribution in [2.45, 2.75) is 39.2 Å². The summed E-state index contributed by atoms with van der Waals surface area (Å²) in [4.78, 5) is 37.5. The van der Waals surface area contributed by atoms with Crippen LogP contribution in [0, 0.1) is 0 Å². The van der Waals surface area contributed by atoms with E-state index >= 15 is 0 Å². The topological polar surface area (TPSA) is 143 Å². The van der Waals surface area contributed by atoms with Gasteiger partial charge in [0.05, 0.1) is 32.0 Å². The summed E-state index contributed by atoms with van der Waals surface area (Å²) in [5, 5.41) is 2.84. The normalized spacial score (nSPS) is 10.8. The quantitative estimate of drug-likeness (QED) is 0.301. The van der Waals surface area contributed by atoms with Crippen molar-refractivity contribution in [3.63, 3.8) is 0 Å². The highest BCUT2D eigenvalue weighted by Gasteiger charge is 2.19. The minimum absolute atomic E-state index is 0.207. The summed E-state index contributed by atoms with van der Waals surface area (Å²) in [5.41, 5.74) is 7.55. The Labute approximate surface area is 197 Å². The zero-order valence-corrected chi connectivity index (χ0v) is 19.7. The number of anilines is 1. The number of nitrogens with one attached hydrogen (secondary N) is 1. The first-order valence-electron chi connectivity index (χ1n) is 11.2. The first-order chi connectivity index (χ1) is 16.5. The van der Waals surface area contributed by atoms with Gasteiger partial charge in [0.1, 0.15) is 0 Å². The van der Waals surface area contributed by atoms with Gasteiger partial charge in [-0.1, -0.05) is 25.5 Å². The van der Waals surface area contributed by atoms with Crippen LogP contribution < -0.4 is 20.5 Å². The zero-order chi connectivity index (χ0) is 24.5. The molecule has 3 N–H and O–H groups in total. The monoisotopic (exact) mass is 470 g/mol. The minimum atomic E-state index is -0.552. The van der Waals surface area contributed by atoms with Gasteiger partial charge >= 0.3 is 12.0 Å². The standard InChI is InChI=1S/C23H30N6O5/c1-4-5-14-34-22-27-18(24)17-19(28-22)29(23(26-17)33-3)13-9-8-12-25-20(30)15-10-6-7-11-16(15)21(31)32-2/h6-7,10-11H,4-5,8-9,12-14H2,1-3H3,(H,25,30)(H2,24,27,28). The van der Waals surface area contributed by atoms with E-state index in [0.29, 0.717) is 49.7 Å². The Bertz CT molecular complexity index is 1150. The second-order valence-corrected chi connectivity index (χ2v) is 7.52. The number of rotatable bonds is 12. The van der Waals surface area contributed by atoms with Crippen LogP contribution in [0.1, 0.15) is 53.3 Å². The number of esters is 1. The minimum Gasteiger partial charge on any atom is -0.468 e. The maximum atomic E-state index is 12.5. The fraction of sp³-hybridized carbons (Fsp3) is 0.435. The first kappa shape index (κ1) is 24.7. The highest BCUT2D eigenvalue weighted by Crippen LogP contribution is 2.25. The largest absolute Gasteiger partial charge is 0.468 e. The number of aromatic nitrogens is 4. The first-order valence-corrected chi connectivity index (χ1v) is 11.2. The maximum Gasteiger partial charge on any atom is 0.338 e. The molecule has 0 saturated heterocycles. The Morgan fingerprint density at radius 2 is 1.82 bits per heavy atom. The highest BCUT2D eigenvalue weighted by atomic mass is 16.5. The Hall–Kier alpha value is -3.89. The third kappa shape index (κ3) is 5.72. The van der Waals surface area contributed by atoms with Gasteiger partial charge in [-0.25, -0.2) is 4.79 Å². The highest BCUT2D eigenvalue weighted by molar-refractivity contribution is 6.05. The molecule has 3 rings (SSSR count). The number of carbonyl (C=O) groups excluding carboxylic acids is 2. The van der Waals surface area contributed by atoms with E-state index in [2.05, 4.69) is 27.2 Å². The van der Waals surface area contributed by atoms with Crippen LogP contribution in [-0.4, -0.2) is 58.8 Å². The Balaban J connectivity index is 1.62. The van der Waals surface area contributed by atoms with Crippen LogP contribution in [0.4, 0.5) is 5.82 Å². The van der Waals surface area contributed by atoms with Crippen LogP contribution >= 0.6 is 0 Å². The number of amides is 1. The third-order valence-electron chi connectivity index (χ3n) is 5.15. The lowest BCUT2D eigenvalue weighted by Gasteiger charge is -2.10. The summed E-state index contributed by atoms with van der Waals surface area (Å²) in [6, 6.07) is 7.12. The van der Waals surface area contributed by atoms with Crippen molar-refractivity contribution < 1.29 is 23.8 Å². The number of carbonyl (C=O) groups is 2. The van der Waals surface area contributed by atoms with Crippen molar-refractivity contribution in [3.05, 3.63) is 35.4 Å². The zero-order valence-electron chi connectivity index (χ0n) is 19.7. The fourth-order valence-electron chi connectivity index (χ4n) is 3.37. The van der Waals surface area contributed by atoms with Crippen LogP contribution in [-0.2, 0) is 11.3 Å². The van der Waals surface area contributed by atoms with E-state index in [1.54, 1.807) is 24.3 Å². The Kier molecular flexibility index (Phi) is 8.60. The molecular weight excluding hydrogens is 440 g/mol. The number of methoxy groups -OCH3 is 2. The van der Waals surface area contributed by atoms with Gasteiger partial charge < -0.3 is 25.3 Å². The molecule has 182 valence electrons. The van der Waals surface area contributed by atoms with Gasteiger partial charge in [0.25, 0.3) is 11.9 Å². The second-order valence-electron chi connectivity index (χ2n) is 7.52. The smallest absolute Gasteiger partial charge is 0.338 e. The van der Waals surface area contributed by atoms with Crippen molar-refractivity contribution >= 4 is 28.9 Å². The maximum absolute atomic E-state index is 12.5. The van der Waals surface area contributed by atoms with Gasteiger partial charge in [0.15, 0.2) is 17.0 Å². The average molecular weight is 471 g/mol. The van der Waals surface area contributed by atoms with Crippen LogP contribution in [0.25, 0.3) is 11.2 Å². The van der Waals surface area contributed by atoms with Gasteiger partial charge in [-0.2, -0.15) is 15.0 Å². The molecule has 0 unspecified atom stereocenters. The van der Waals surface area contributed by atoms with E-state index in [4.69, 9.17) is 19.9 Å². The van der Waals surface area contributed by atoms with Crippen molar-refractivity contribution in [3.8, 4) is 12.0 Å². The molecule has 0 bridgehead atoms. The number of hydrogen-bond donors (Lipinski definition) is 2. The number of unbranched alkanes of at least 4 members (excludes halogenated alkanes) is 2. The van der Waals surface area contributed by atoms with Crippen LogP contribution in [0.15, 0.2) is 24.3 Å². The van der Waals surface area contributed by atoms with E-state index in [-0.39, 0.29) is 28.9 Å². The number of nitrogen functional groups attached to an aromatic ring is 1. The molecule has 34 heavy (non-hydrogen) atoms. The van der Waals surface area contributed by atoms with Gasteiger partial charge in [0, 0.05) is 13.1 Å². The molecule has 11 nitrogen and oxygen atoms in total. The summed E-state index contributed by atoms with van der Waals surface area (Å²) >= 11 is 0. The van der Waals surface area contributed by atoms with Crippen molar-refractivity contribution in [2.24, 2.45) is 0 Å². The predicted octanol–water partition coefficient (Wildman–Crippen LogP) is 2.59. The van der Waals surface area contributed by atoms with Gasteiger partial charge in [-0.15, -0.1) is 0 Å². The Morgan fingerprint density at radius 1 is 1.06 bits per heavy atom. The summed E-state index contributed by atoms with van der Waals surface area (Å²) in [5.74, 6) is -0.657. The summed E-state index contributed by atoms with van der Waals surface area (Å²) in [6.07, 6.45) is 3.26. The van der Waals surface area contributed by atoms with Gasteiger partial charge in [-0.05, 0) is 31.4 Å². The van der Waals surface area contributed by atoms with Crippen molar-refractivity contribution in [2.75, 3.05) is 33.1 Å². The lowest BCUT2D eigenvalue weighted by molar-refractivity contribution is 0.0596. The molecule has 0 aliphatic carbocycles. The number of fused-ring (bicyclic) bond motifs is 1. The number of benzene rings is 1. The summed E-state index contributed by atoms with van der Waals surface area (Å²) in [7, 11) is 2.81. The molecular formula is C23H30N6O5. The Morgan fingerprint density at radius 3 is 2.53 bits per heavy atom. The summed E-state index contributed by atoms with van der Waals surface area (Å²) in [6.45, 7) is 3.54. The summed E-state index contributed by atoms with van der Waals surface area (Å²) < 4.78 is 17.6. The van der Waals surface area contributed by atoms with Crippen LogP contribution in [0.3, 0.4) is 0 Å². The molecule has 11 heteroatoms. The van der Waals surface area contributed by atoms with E-state index in [1.807, 2.05) is 4.57 Å². The number of nitrogens with two attached hydrogens (primary N) is 1. The molecule has 3 aromatic rings. The molecule has 1 amide bonds. The number of ether oxygens (including phenoxy) is 3. The molecule has 2 aromatic heterocycles. The predicted molar refractivity (Wildman–Crippen MR) is 126 cm³/mol. The third-order valence-corrected chi connectivity index (χ3v) is 5.15. The van der Waals surface area contributed by atoms with Gasteiger partial charge in [0.2, 0.25) is 0 Å². The van der Waals surface area contributed by atoms with E-state index in [9.17, 15) is 9.59 Å². The van der Waals surface area contributed by atoms with Crippen molar-refractivity contribution in [1.82, 2.24) is 24.8 Å². The molecule has 0 aliphatic heterocycles. The van der Waals surface area contributed by atoms with Crippen molar-refractivity contribution in [1.29, 1.82) is 0 Å². The molecule has 0 saturated carbocycles.